The Hall–Kier alpha value is -3.03. The van der Waals surface area contributed by atoms with Crippen molar-refractivity contribution in [3.8, 4) is 6.07 Å². The Kier molecular flexibility index (Phi) is 4.83. The maximum Gasteiger partial charge on any atom is 0.268 e. The fourth-order valence-electron chi connectivity index (χ4n) is 2.20. The number of anilines is 1. The van der Waals surface area contributed by atoms with Crippen LogP contribution in [0.5, 0.6) is 0 Å². The molecule has 0 bridgehead atoms. The van der Waals surface area contributed by atoms with Crippen molar-refractivity contribution in [3.63, 3.8) is 0 Å². The summed E-state index contributed by atoms with van der Waals surface area (Å²) < 4.78 is 27.2. The highest BCUT2D eigenvalue weighted by Crippen LogP contribution is 2.21. The first-order valence-electron chi connectivity index (χ1n) is 7.50. The predicted octanol–water partition coefficient (Wildman–Crippen LogP) is 2.36. The number of sulfone groups is 1. The number of para-hydroxylation sites is 1. The average molecular weight is 387 g/mol. The number of carbonyl (C=O) groups excluding carboxylic acids is 1. The van der Waals surface area contributed by atoms with Crippen LogP contribution in [0.15, 0.2) is 41.2 Å². The van der Waals surface area contributed by atoms with Crippen molar-refractivity contribution >= 4 is 49.4 Å². The zero-order chi connectivity index (χ0) is 18.7. The molecular weight excluding hydrogens is 374 g/mol. The third-order valence-electron chi connectivity index (χ3n) is 3.57. The second-order valence-corrected chi connectivity index (χ2v) is 8.12. The largest absolute Gasteiger partial charge is 0.361 e. The molecular formula is C16H13N5O3S2. The minimum Gasteiger partial charge on any atom is -0.361 e. The number of H-pyrrole nitrogens is 1. The van der Waals surface area contributed by atoms with Crippen molar-refractivity contribution in [3.05, 3.63) is 41.6 Å². The predicted molar refractivity (Wildman–Crippen MR) is 98.2 cm³/mol. The number of amides is 1. The molecule has 8 nitrogen and oxygen atoms in total. The standard InChI is InChI=1S/C16H13N5O3S2/c1-2-26(23,24)16-20-15(25-21-16)19-14(22)10(8-17)7-11-9-18-13-6-4-3-5-12(11)13/h3-7,9,18H,2H2,1H3,(H,19,20,21,22)/b10-7-. The molecule has 0 radical (unpaired) electrons. The third-order valence-corrected chi connectivity index (χ3v) is 5.82. The molecule has 0 spiro atoms. The molecule has 26 heavy (non-hydrogen) atoms. The first-order valence-corrected chi connectivity index (χ1v) is 9.93. The summed E-state index contributed by atoms with van der Waals surface area (Å²) in [6.07, 6.45) is 3.16. The summed E-state index contributed by atoms with van der Waals surface area (Å²) in [6.45, 7) is 1.48. The molecule has 2 aromatic heterocycles. The summed E-state index contributed by atoms with van der Waals surface area (Å²) in [5.74, 6) is -0.824. The topological polar surface area (TPSA) is 129 Å². The number of hydrogen-bond acceptors (Lipinski definition) is 7. The van der Waals surface area contributed by atoms with E-state index >= 15 is 0 Å². The van der Waals surface area contributed by atoms with Crippen molar-refractivity contribution in [1.29, 1.82) is 5.26 Å². The zero-order valence-corrected chi connectivity index (χ0v) is 15.2. The van der Waals surface area contributed by atoms with Crippen molar-refractivity contribution in [1.82, 2.24) is 14.3 Å². The van der Waals surface area contributed by atoms with E-state index in [4.69, 9.17) is 0 Å². The highest BCUT2D eigenvalue weighted by molar-refractivity contribution is 7.91. The number of aromatic nitrogens is 3. The Bertz CT molecular complexity index is 1150. The van der Waals surface area contributed by atoms with Gasteiger partial charge in [-0.25, -0.2) is 8.42 Å². The van der Waals surface area contributed by atoms with Crippen molar-refractivity contribution in [2.75, 3.05) is 11.1 Å². The minimum atomic E-state index is -3.55. The fourth-order valence-corrected chi connectivity index (χ4v) is 3.78. The van der Waals surface area contributed by atoms with E-state index in [1.165, 1.54) is 13.0 Å². The Morgan fingerprint density at radius 1 is 1.42 bits per heavy atom. The van der Waals surface area contributed by atoms with Gasteiger partial charge in [0.05, 0.1) is 5.75 Å². The van der Waals surface area contributed by atoms with E-state index < -0.39 is 15.7 Å². The fraction of sp³-hybridized carbons (Fsp3) is 0.125. The lowest BCUT2D eigenvalue weighted by Crippen LogP contribution is -2.13. The highest BCUT2D eigenvalue weighted by atomic mass is 32.2. The van der Waals surface area contributed by atoms with Crippen LogP contribution >= 0.6 is 11.5 Å². The lowest BCUT2D eigenvalue weighted by molar-refractivity contribution is -0.112. The van der Waals surface area contributed by atoms with E-state index in [1.54, 1.807) is 6.20 Å². The van der Waals surface area contributed by atoms with E-state index in [1.807, 2.05) is 30.3 Å². The molecule has 132 valence electrons. The summed E-state index contributed by atoms with van der Waals surface area (Å²) in [5.41, 5.74) is 1.44. The minimum absolute atomic E-state index is 0.0158. The van der Waals surface area contributed by atoms with Gasteiger partial charge in [-0.3, -0.25) is 10.1 Å². The summed E-state index contributed by atoms with van der Waals surface area (Å²) >= 11 is 0.744. The molecule has 10 heteroatoms. The molecule has 0 unspecified atom stereocenters. The van der Waals surface area contributed by atoms with Crippen LogP contribution < -0.4 is 5.32 Å². The lowest BCUT2D eigenvalue weighted by Gasteiger charge is -1.99. The molecule has 2 heterocycles. The number of rotatable bonds is 5. The molecule has 0 saturated carbocycles. The lowest BCUT2D eigenvalue weighted by atomic mass is 10.1. The van der Waals surface area contributed by atoms with Crippen LogP contribution in [0, 0.1) is 11.3 Å². The van der Waals surface area contributed by atoms with Crippen LogP contribution in [-0.2, 0) is 14.6 Å². The molecule has 0 atom stereocenters. The number of nitrogens with one attached hydrogen (secondary N) is 2. The van der Waals surface area contributed by atoms with Gasteiger partial charge in [0.15, 0.2) is 0 Å². The molecule has 3 aromatic rings. The number of hydrogen-bond donors (Lipinski definition) is 2. The van der Waals surface area contributed by atoms with Crippen LogP contribution in [0.1, 0.15) is 12.5 Å². The molecule has 0 aliphatic carbocycles. The summed E-state index contributed by atoms with van der Waals surface area (Å²) in [7, 11) is -3.55. The molecule has 0 saturated heterocycles. The van der Waals surface area contributed by atoms with Gasteiger partial charge in [-0.05, 0) is 12.1 Å². The van der Waals surface area contributed by atoms with E-state index in [9.17, 15) is 18.5 Å². The number of aromatic amines is 1. The van der Waals surface area contributed by atoms with Gasteiger partial charge < -0.3 is 4.98 Å². The van der Waals surface area contributed by atoms with Gasteiger partial charge in [-0.15, -0.1) is 0 Å². The van der Waals surface area contributed by atoms with E-state index in [2.05, 4.69) is 19.7 Å². The van der Waals surface area contributed by atoms with Gasteiger partial charge >= 0.3 is 0 Å². The van der Waals surface area contributed by atoms with Crippen molar-refractivity contribution < 1.29 is 13.2 Å². The first kappa shape index (κ1) is 17.8. The Morgan fingerprint density at radius 2 is 2.19 bits per heavy atom. The zero-order valence-electron chi connectivity index (χ0n) is 13.6. The number of benzene rings is 1. The quantitative estimate of drug-likeness (QED) is 0.511. The summed E-state index contributed by atoms with van der Waals surface area (Å²) in [5, 5.41) is 12.3. The summed E-state index contributed by atoms with van der Waals surface area (Å²) in [6, 6.07) is 9.34. The second-order valence-electron chi connectivity index (χ2n) is 5.20. The van der Waals surface area contributed by atoms with Crippen LogP contribution in [0.4, 0.5) is 5.13 Å². The Balaban J connectivity index is 1.85. The van der Waals surface area contributed by atoms with Crippen LogP contribution in [0.25, 0.3) is 17.0 Å². The van der Waals surface area contributed by atoms with E-state index in [-0.39, 0.29) is 21.6 Å². The van der Waals surface area contributed by atoms with E-state index in [0.717, 1.165) is 22.4 Å². The van der Waals surface area contributed by atoms with Crippen LogP contribution in [0.3, 0.4) is 0 Å². The molecule has 1 amide bonds. The van der Waals surface area contributed by atoms with Gasteiger partial charge in [0.2, 0.25) is 15.0 Å². The van der Waals surface area contributed by atoms with Crippen LogP contribution in [-0.4, -0.2) is 34.4 Å². The van der Waals surface area contributed by atoms with Gasteiger partial charge in [0, 0.05) is 34.2 Å². The van der Waals surface area contributed by atoms with Crippen molar-refractivity contribution in [2.45, 2.75) is 12.1 Å². The number of nitriles is 1. The van der Waals surface area contributed by atoms with E-state index in [0.29, 0.717) is 5.56 Å². The summed E-state index contributed by atoms with van der Waals surface area (Å²) in [4.78, 5) is 19.2. The molecule has 1 aromatic carbocycles. The maximum absolute atomic E-state index is 12.3. The van der Waals surface area contributed by atoms with Gasteiger partial charge in [0.25, 0.3) is 11.1 Å². The monoisotopic (exact) mass is 387 g/mol. The molecule has 3 rings (SSSR count). The first-order chi connectivity index (χ1) is 12.4. The van der Waals surface area contributed by atoms with Gasteiger partial charge in [-0.1, -0.05) is 25.1 Å². The van der Waals surface area contributed by atoms with Gasteiger partial charge in [0.1, 0.15) is 11.6 Å². The smallest absolute Gasteiger partial charge is 0.268 e. The number of nitrogens with zero attached hydrogens (tertiary/aromatic N) is 3. The SMILES string of the molecule is CCS(=O)(=O)c1nsc(NC(=O)/C(C#N)=C\c2c[nH]c3ccccc23)n1. The highest BCUT2D eigenvalue weighted by Gasteiger charge is 2.20. The third kappa shape index (κ3) is 3.49. The van der Waals surface area contributed by atoms with Crippen molar-refractivity contribution in [2.24, 2.45) is 0 Å². The molecule has 0 aliphatic rings. The van der Waals surface area contributed by atoms with Crippen LogP contribution in [0.2, 0.25) is 0 Å². The molecule has 0 fully saturated rings. The normalized spacial score (nSPS) is 12.1. The molecule has 0 aliphatic heterocycles. The van der Waals surface area contributed by atoms with Gasteiger partial charge in [-0.2, -0.15) is 14.6 Å². The Labute approximate surface area is 153 Å². The average Bonchev–Trinajstić information content (AvgIpc) is 3.27. The number of fused-ring (bicyclic) bond motifs is 1. The molecule has 2 N–H and O–H groups in total. The number of carbonyl (C=O) groups is 1. The Morgan fingerprint density at radius 3 is 2.92 bits per heavy atom. The second kappa shape index (κ2) is 7.07. The maximum atomic E-state index is 12.3.